The van der Waals surface area contributed by atoms with Crippen LogP contribution in [-0.2, 0) is 10.0 Å². The van der Waals surface area contributed by atoms with Crippen molar-refractivity contribution in [1.29, 1.82) is 0 Å². The Morgan fingerprint density at radius 3 is 2.37 bits per heavy atom. The van der Waals surface area contributed by atoms with Crippen LogP contribution in [0.3, 0.4) is 0 Å². The monoisotopic (exact) mass is 435 g/mol. The summed E-state index contributed by atoms with van der Waals surface area (Å²) in [6.45, 7) is 13.2. The summed E-state index contributed by atoms with van der Waals surface area (Å²) in [7, 11) is -3.07. The van der Waals surface area contributed by atoms with Gasteiger partial charge >= 0.3 is 0 Å². The topological polar surface area (TPSA) is 68.2 Å². The number of aryl methyl sites for hydroxylation is 1. The first-order valence-corrected chi connectivity index (χ1v) is 12.9. The number of anilines is 1. The lowest BCUT2D eigenvalue weighted by molar-refractivity contribution is 0.279. The molecule has 0 aromatic heterocycles. The van der Waals surface area contributed by atoms with Gasteiger partial charge in [-0.05, 0) is 56.7 Å². The Labute approximate surface area is 182 Å². The molecule has 7 nitrogen and oxygen atoms in total. The van der Waals surface area contributed by atoms with Crippen molar-refractivity contribution in [2.24, 2.45) is 10.9 Å². The van der Waals surface area contributed by atoms with Crippen molar-refractivity contribution in [1.82, 2.24) is 14.5 Å². The van der Waals surface area contributed by atoms with Crippen LogP contribution in [0.15, 0.2) is 23.2 Å². The van der Waals surface area contributed by atoms with Crippen molar-refractivity contribution in [3.8, 4) is 0 Å². The minimum absolute atomic E-state index is 0.452. The average Bonchev–Trinajstić information content (AvgIpc) is 2.73. The quantitative estimate of drug-likeness (QED) is 0.566. The van der Waals surface area contributed by atoms with Gasteiger partial charge in [0, 0.05) is 58.0 Å². The van der Waals surface area contributed by atoms with E-state index >= 15 is 0 Å². The lowest BCUT2D eigenvalue weighted by Crippen LogP contribution is -2.53. The SMILES string of the molecule is CCNC(=NCC1CCN(S(C)(=O)=O)CC1)N1CCN(c2cccc(C)c2C)CC1. The molecule has 1 aromatic rings. The zero-order valence-corrected chi connectivity index (χ0v) is 19.7. The summed E-state index contributed by atoms with van der Waals surface area (Å²) in [5, 5.41) is 3.45. The van der Waals surface area contributed by atoms with E-state index < -0.39 is 10.0 Å². The van der Waals surface area contributed by atoms with E-state index in [2.05, 4.69) is 54.1 Å². The normalized spacial score (nSPS) is 19.9. The lowest BCUT2D eigenvalue weighted by atomic mass is 9.98. The van der Waals surface area contributed by atoms with Crippen LogP contribution in [0.4, 0.5) is 5.69 Å². The van der Waals surface area contributed by atoms with Crippen molar-refractivity contribution < 1.29 is 8.42 Å². The number of rotatable bonds is 5. The van der Waals surface area contributed by atoms with E-state index in [4.69, 9.17) is 4.99 Å². The van der Waals surface area contributed by atoms with Gasteiger partial charge in [0.2, 0.25) is 10.0 Å². The number of nitrogens with one attached hydrogen (secondary N) is 1. The molecule has 0 atom stereocenters. The maximum Gasteiger partial charge on any atom is 0.211 e. The van der Waals surface area contributed by atoms with Crippen LogP contribution in [-0.4, -0.2) is 82.2 Å². The van der Waals surface area contributed by atoms with E-state index in [1.54, 1.807) is 4.31 Å². The summed E-state index contributed by atoms with van der Waals surface area (Å²) >= 11 is 0. The first-order valence-electron chi connectivity index (χ1n) is 11.1. The second kappa shape index (κ2) is 10.0. The molecule has 2 fully saturated rings. The zero-order valence-electron chi connectivity index (χ0n) is 18.9. The minimum atomic E-state index is -3.07. The molecule has 1 aromatic carbocycles. The minimum Gasteiger partial charge on any atom is -0.368 e. The summed E-state index contributed by atoms with van der Waals surface area (Å²) in [5.41, 5.74) is 4.05. The van der Waals surface area contributed by atoms with E-state index in [9.17, 15) is 8.42 Å². The van der Waals surface area contributed by atoms with Crippen LogP contribution in [0.25, 0.3) is 0 Å². The summed E-state index contributed by atoms with van der Waals surface area (Å²) in [6.07, 6.45) is 3.07. The van der Waals surface area contributed by atoms with Crippen molar-refractivity contribution in [2.45, 2.75) is 33.6 Å². The molecular formula is C22H37N5O2S. The number of hydrogen-bond donors (Lipinski definition) is 1. The number of nitrogens with zero attached hydrogens (tertiary/aromatic N) is 4. The van der Waals surface area contributed by atoms with Crippen molar-refractivity contribution >= 4 is 21.7 Å². The van der Waals surface area contributed by atoms with Gasteiger partial charge in [-0.3, -0.25) is 4.99 Å². The molecule has 3 rings (SSSR count). The predicted molar refractivity (Wildman–Crippen MR) is 125 cm³/mol. The van der Waals surface area contributed by atoms with Gasteiger partial charge in [0.25, 0.3) is 0 Å². The van der Waals surface area contributed by atoms with Crippen LogP contribution < -0.4 is 10.2 Å². The fourth-order valence-electron chi connectivity index (χ4n) is 4.30. The predicted octanol–water partition coefficient (Wildman–Crippen LogP) is 2.06. The van der Waals surface area contributed by atoms with Gasteiger partial charge in [-0.15, -0.1) is 0 Å². The highest BCUT2D eigenvalue weighted by Gasteiger charge is 2.25. The number of aliphatic imine (C=N–C) groups is 1. The number of sulfonamides is 1. The van der Waals surface area contributed by atoms with E-state index in [1.807, 2.05) is 0 Å². The fraction of sp³-hybridized carbons (Fsp3) is 0.682. The van der Waals surface area contributed by atoms with Gasteiger partial charge in [0.05, 0.1) is 6.26 Å². The van der Waals surface area contributed by atoms with Crippen molar-refractivity contribution in [2.75, 3.05) is 63.5 Å². The van der Waals surface area contributed by atoms with Gasteiger partial charge in [0.1, 0.15) is 0 Å². The van der Waals surface area contributed by atoms with Crippen LogP contribution in [0.2, 0.25) is 0 Å². The van der Waals surface area contributed by atoms with Gasteiger partial charge in [-0.2, -0.15) is 0 Å². The fourth-order valence-corrected chi connectivity index (χ4v) is 5.18. The molecule has 0 saturated carbocycles. The van der Waals surface area contributed by atoms with Crippen LogP contribution >= 0.6 is 0 Å². The molecule has 8 heteroatoms. The Bertz CT molecular complexity index is 839. The number of piperazine rings is 1. The van der Waals surface area contributed by atoms with Gasteiger partial charge in [-0.25, -0.2) is 12.7 Å². The molecule has 168 valence electrons. The molecule has 0 aliphatic carbocycles. The Hall–Kier alpha value is -1.80. The van der Waals surface area contributed by atoms with Crippen molar-refractivity contribution in [3.63, 3.8) is 0 Å². The second-order valence-electron chi connectivity index (χ2n) is 8.49. The standard InChI is InChI=1S/C22H37N5O2S/c1-5-23-22(24-17-20-9-11-27(12-10-20)30(4,28)29)26-15-13-25(14-16-26)21-8-6-7-18(2)19(21)3/h6-8,20H,5,9-17H2,1-4H3,(H,23,24). The Balaban J connectivity index is 1.56. The highest BCUT2D eigenvalue weighted by molar-refractivity contribution is 7.88. The second-order valence-corrected chi connectivity index (χ2v) is 10.5. The third-order valence-corrected chi connectivity index (χ3v) is 7.68. The van der Waals surface area contributed by atoms with E-state index in [-0.39, 0.29) is 0 Å². The molecule has 0 spiro atoms. The molecule has 0 radical (unpaired) electrons. The number of hydrogen-bond acceptors (Lipinski definition) is 4. The zero-order chi connectivity index (χ0) is 21.7. The van der Waals surface area contributed by atoms with E-state index in [1.165, 1.54) is 23.1 Å². The summed E-state index contributed by atoms with van der Waals surface area (Å²) < 4.78 is 25.0. The molecule has 2 aliphatic heterocycles. The van der Waals surface area contributed by atoms with Crippen LogP contribution in [0.5, 0.6) is 0 Å². The molecule has 1 N–H and O–H groups in total. The molecule has 0 unspecified atom stereocenters. The van der Waals surface area contributed by atoms with E-state index in [0.717, 1.165) is 58.1 Å². The molecule has 2 saturated heterocycles. The molecule has 0 amide bonds. The molecule has 2 aliphatic rings. The van der Waals surface area contributed by atoms with Gasteiger partial charge in [0.15, 0.2) is 5.96 Å². The first kappa shape index (κ1) is 22.9. The Morgan fingerprint density at radius 2 is 1.77 bits per heavy atom. The average molecular weight is 436 g/mol. The third-order valence-electron chi connectivity index (χ3n) is 6.37. The van der Waals surface area contributed by atoms with E-state index in [0.29, 0.717) is 19.0 Å². The molecule has 30 heavy (non-hydrogen) atoms. The van der Waals surface area contributed by atoms with Crippen molar-refractivity contribution in [3.05, 3.63) is 29.3 Å². The van der Waals surface area contributed by atoms with Gasteiger partial charge in [-0.1, -0.05) is 12.1 Å². The highest BCUT2D eigenvalue weighted by Crippen LogP contribution is 2.24. The summed E-state index contributed by atoms with van der Waals surface area (Å²) in [6, 6.07) is 6.54. The summed E-state index contributed by atoms with van der Waals surface area (Å²) in [5.74, 6) is 1.44. The smallest absolute Gasteiger partial charge is 0.211 e. The number of guanidine groups is 1. The highest BCUT2D eigenvalue weighted by atomic mass is 32.2. The Morgan fingerprint density at radius 1 is 1.10 bits per heavy atom. The maximum absolute atomic E-state index is 11.7. The molecule has 0 bridgehead atoms. The van der Waals surface area contributed by atoms with Gasteiger partial charge < -0.3 is 15.1 Å². The first-order chi connectivity index (χ1) is 14.3. The molecular weight excluding hydrogens is 398 g/mol. The third kappa shape index (κ3) is 5.66. The van der Waals surface area contributed by atoms with Crippen LogP contribution in [0, 0.1) is 19.8 Å². The lowest BCUT2D eigenvalue weighted by Gasteiger charge is -2.38. The number of benzene rings is 1. The summed E-state index contributed by atoms with van der Waals surface area (Å²) in [4.78, 5) is 9.76. The molecule has 2 heterocycles. The van der Waals surface area contributed by atoms with Crippen LogP contribution in [0.1, 0.15) is 30.9 Å². The maximum atomic E-state index is 11.7. The number of piperidine rings is 1. The largest absolute Gasteiger partial charge is 0.368 e. The Kier molecular flexibility index (Phi) is 7.63.